The van der Waals surface area contributed by atoms with Crippen LogP contribution in [-0.2, 0) is 0 Å². The standard InChI is InChI=1S/C9H11ClN2O/c10-8-3-4-9(12-11-8)13-6-5-7-1-2-7/h3-4,7H,1-2,5-6H2. The maximum absolute atomic E-state index is 5.58. The average molecular weight is 199 g/mol. The molecule has 3 nitrogen and oxygen atoms in total. The summed E-state index contributed by atoms with van der Waals surface area (Å²) in [6, 6.07) is 3.42. The molecule has 0 saturated heterocycles. The SMILES string of the molecule is Clc1ccc(OCCC2CC2)nn1. The lowest BCUT2D eigenvalue weighted by Gasteiger charge is -2.02. The number of rotatable bonds is 4. The number of hydrogen-bond acceptors (Lipinski definition) is 3. The number of nitrogens with zero attached hydrogens (tertiary/aromatic N) is 2. The first-order chi connectivity index (χ1) is 6.34. The van der Waals surface area contributed by atoms with Crippen molar-refractivity contribution in [2.75, 3.05) is 6.61 Å². The third-order valence-electron chi connectivity index (χ3n) is 2.08. The average Bonchev–Trinajstić information content (AvgIpc) is 2.92. The molecule has 13 heavy (non-hydrogen) atoms. The zero-order chi connectivity index (χ0) is 9.10. The van der Waals surface area contributed by atoms with Gasteiger partial charge in [-0.25, -0.2) is 0 Å². The van der Waals surface area contributed by atoms with E-state index in [1.807, 2.05) is 0 Å². The molecule has 4 heteroatoms. The second-order valence-corrected chi connectivity index (χ2v) is 3.66. The Morgan fingerprint density at radius 3 is 2.85 bits per heavy atom. The Bertz CT molecular complexity index is 271. The van der Waals surface area contributed by atoms with E-state index in [4.69, 9.17) is 16.3 Å². The summed E-state index contributed by atoms with van der Waals surface area (Å²) in [4.78, 5) is 0. The highest BCUT2D eigenvalue weighted by Gasteiger charge is 2.20. The summed E-state index contributed by atoms with van der Waals surface area (Å²) in [6.45, 7) is 0.737. The normalized spacial score (nSPS) is 15.8. The molecule has 0 amide bonds. The molecule has 0 atom stereocenters. The van der Waals surface area contributed by atoms with Crippen molar-refractivity contribution in [2.24, 2.45) is 5.92 Å². The molecule has 1 aromatic rings. The quantitative estimate of drug-likeness (QED) is 0.745. The van der Waals surface area contributed by atoms with Crippen LogP contribution in [0.3, 0.4) is 0 Å². The van der Waals surface area contributed by atoms with E-state index in [0.29, 0.717) is 11.0 Å². The van der Waals surface area contributed by atoms with E-state index in [9.17, 15) is 0 Å². The minimum Gasteiger partial charge on any atom is -0.477 e. The molecular weight excluding hydrogens is 188 g/mol. The predicted molar refractivity (Wildman–Crippen MR) is 49.9 cm³/mol. The largest absolute Gasteiger partial charge is 0.477 e. The van der Waals surface area contributed by atoms with Crippen LogP contribution < -0.4 is 4.74 Å². The van der Waals surface area contributed by atoms with Crippen LogP contribution in [0.1, 0.15) is 19.3 Å². The van der Waals surface area contributed by atoms with Crippen molar-refractivity contribution in [1.82, 2.24) is 10.2 Å². The van der Waals surface area contributed by atoms with Gasteiger partial charge in [0.15, 0.2) is 5.15 Å². The van der Waals surface area contributed by atoms with Gasteiger partial charge in [-0.3, -0.25) is 0 Å². The molecule has 70 valence electrons. The van der Waals surface area contributed by atoms with E-state index >= 15 is 0 Å². The van der Waals surface area contributed by atoms with Gasteiger partial charge in [0, 0.05) is 6.07 Å². The minimum atomic E-state index is 0.398. The third kappa shape index (κ3) is 2.84. The molecule has 1 fully saturated rings. The van der Waals surface area contributed by atoms with Crippen LogP contribution in [0.15, 0.2) is 12.1 Å². The van der Waals surface area contributed by atoms with Crippen LogP contribution in [0.4, 0.5) is 0 Å². The van der Waals surface area contributed by atoms with Crippen LogP contribution in [0.2, 0.25) is 5.15 Å². The fourth-order valence-corrected chi connectivity index (χ4v) is 1.22. The summed E-state index contributed by atoms with van der Waals surface area (Å²) in [5.74, 6) is 1.45. The zero-order valence-electron chi connectivity index (χ0n) is 7.24. The van der Waals surface area contributed by atoms with Crippen molar-refractivity contribution in [3.63, 3.8) is 0 Å². The first-order valence-corrected chi connectivity index (χ1v) is 4.84. The molecule has 0 aliphatic heterocycles. The lowest BCUT2D eigenvalue weighted by molar-refractivity contribution is 0.288. The van der Waals surface area contributed by atoms with E-state index in [1.54, 1.807) is 12.1 Å². The van der Waals surface area contributed by atoms with Crippen molar-refractivity contribution in [3.05, 3.63) is 17.3 Å². The second kappa shape index (κ2) is 3.92. The lowest BCUT2D eigenvalue weighted by Crippen LogP contribution is -2.00. The molecule has 2 rings (SSSR count). The Labute approximate surface area is 82.1 Å². The van der Waals surface area contributed by atoms with E-state index in [-0.39, 0.29) is 0 Å². The van der Waals surface area contributed by atoms with Gasteiger partial charge in [-0.2, -0.15) is 0 Å². The van der Waals surface area contributed by atoms with Crippen LogP contribution in [0, 0.1) is 5.92 Å². The van der Waals surface area contributed by atoms with Crippen molar-refractivity contribution >= 4 is 11.6 Å². The smallest absolute Gasteiger partial charge is 0.233 e. The molecular formula is C9H11ClN2O. The molecule has 0 unspecified atom stereocenters. The number of aromatic nitrogens is 2. The monoisotopic (exact) mass is 198 g/mol. The van der Waals surface area contributed by atoms with Gasteiger partial charge in [-0.1, -0.05) is 24.4 Å². The highest BCUT2D eigenvalue weighted by atomic mass is 35.5. The van der Waals surface area contributed by atoms with Gasteiger partial charge in [-0.15, -0.1) is 10.2 Å². The highest BCUT2D eigenvalue weighted by Crippen LogP contribution is 2.32. The first-order valence-electron chi connectivity index (χ1n) is 4.46. The molecule has 1 aliphatic carbocycles. The molecule has 1 aliphatic rings. The Kier molecular flexibility index (Phi) is 2.64. The topological polar surface area (TPSA) is 35.0 Å². The summed E-state index contributed by atoms with van der Waals surface area (Å²) >= 11 is 5.58. The number of ether oxygens (including phenoxy) is 1. The lowest BCUT2D eigenvalue weighted by atomic mass is 10.3. The zero-order valence-corrected chi connectivity index (χ0v) is 8.00. The Balaban J connectivity index is 1.76. The summed E-state index contributed by atoms with van der Waals surface area (Å²) in [5.41, 5.74) is 0. The highest BCUT2D eigenvalue weighted by molar-refractivity contribution is 6.29. The molecule has 0 N–H and O–H groups in total. The van der Waals surface area contributed by atoms with Crippen LogP contribution in [0.5, 0.6) is 5.88 Å². The summed E-state index contributed by atoms with van der Waals surface area (Å²) in [6.07, 6.45) is 3.84. The van der Waals surface area contributed by atoms with Gasteiger partial charge in [0.1, 0.15) is 0 Å². The van der Waals surface area contributed by atoms with E-state index in [1.165, 1.54) is 12.8 Å². The summed E-state index contributed by atoms with van der Waals surface area (Å²) in [5, 5.41) is 7.87. The fourth-order valence-electron chi connectivity index (χ4n) is 1.12. The second-order valence-electron chi connectivity index (χ2n) is 3.27. The molecule has 1 aromatic heterocycles. The third-order valence-corrected chi connectivity index (χ3v) is 2.28. The van der Waals surface area contributed by atoms with Crippen molar-refractivity contribution in [3.8, 4) is 5.88 Å². The Morgan fingerprint density at radius 2 is 2.23 bits per heavy atom. The Hall–Kier alpha value is -0.830. The fraction of sp³-hybridized carbons (Fsp3) is 0.556. The molecule has 1 heterocycles. The maximum atomic E-state index is 5.58. The first kappa shape index (κ1) is 8.75. The molecule has 0 spiro atoms. The summed E-state index contributed by atoms with van der Waals surface area (Å²) < 4.78 is 5.38. The van der Waals surface area contributed by atoms with Crippen LogP contribution >= 0.6 is 11.6 Å². The van der Waals surface area contributed by atoms with Crippen LogP contribution in [0.25, 0.3) is 0 Å². The van der Waals surface area contributed by atoms with Crippen molar-refractivity contribution < 1.29 is 4.74 Å². The van der Waals surface area contributed by atoms with E-state index in [0.717, 1.165) is 18.9 Å². The van der Waals surface area contributed by atoms with Crippen molar-refractivity contribution in [1.29, 1.82) is 0 Å². The molecule has 0 aromatic carbocycles. The summed E-state index contributed by atoms with van der Waals surface area (Å²) in [7, 11) is 0. The van der Waals surface area contributed by atoms with E-state index in [2.05, 4.69) is 10.2 Å². The van der Waals surface area contributed by atoms with Gasteiger partial charge in [-0.05, 0) is 18.4 Å². The number of halogens is 1. The van der Waals surface area contributed by atoms with Crippen molar-refractivity contribution in [2.45, 2.75) is 19.3 Å². The minimum absolute atomic E-state index is 0.398. The maximum Gasteiger partial charge on any atom is 0.233 e. The molecule has 1 saturated carbocycles. The molecule has 0 bridgehead atoms. The van der Waals surface area contributed by atoms with Gasteiger partial charge < -0.3 is 4.74 Å². The molecule has 0 radical (unpaired) electrons. The Morgan fingerprint density at radius 1 is 1.38 bits per heavy atom. The predicted octanol–water partition coefficient (Wildman–Crippen LogP) is 2.31. The van der Waals surface area contributed by atoms with Gasteiger partial charge in [0.2, 0.25) is 5.88 Å². The van der Waals surface area contributed by atoms with Gasteiger partial charge in [0.25, 0.3) is 0 Å². The van der Waals surface area contributed by atoms with E-state index < -0.39 is 0 Å². The van der Waals surface area contributed by atoms with Gasteiger partial charge >= 0.3 is 0 Å². The van der Waals surface area contributed by atoms with Crippen LogP contribution in [-0.4, -0.2) is 16.8 Å². The van der Waals surface area contributed by atoms with Gasteiger partial charge in [0.05, 0.1) is 6.61 Å². The number of hydrogen-bond donors (Lipinski definition) is 0.